The summed E-state index contributed by atoms with van der Waals surface area (Å²) in [5.41, 5.74) is -0.210. The summed E-state index contributed by atoms with van der Waals surface area (Å²) in [6.45, 7) is 8.77. The van der Waals surface area contributed by atoms with Gasteiger partial charge in [0.15, 0.2) is 0 Å². The molecule has 0 aromatic carbocycles. The molecule has 0 saturated heterocycles. The first-order chi connectivity index (χ1) is 10.7. The summed E-state index contributed by atoms with van der Waals surface area (Å²) in [5.74, 6) is 2.30. The van der Waals surface area contributed by atoms with E-state index >= 15 is 0 Å². The molecule has 1 aromatic rings. The summed E-state index contributed by atoms with van der Waals surface area (Å²) in [6, 6.07) is 2.09. The van der Waals surface area contributed by atoms with Crippen LogP contribution in [-0.2, 0) is 6.42 Å². The summed E-state index contributed by atoms with van der Waals surface area (Å²) in [7, 11) is 0. The summed E-state index contributed by atoms with van der Waals surface area (Å²) in [4.78, 5) is 0. The van der Waals surface area contributed by atoms with Crippen LogP contribution in [0.15, 0.2) is 16.7 Å². The quantitative estimate of drug-likeness (QED) is 0.763. The third-order valence-electron chi connectivity index (χ3n) is 8.03. The summed E-state index contributed by atoms with van der Waals surface area (Å²) < 4.78 is 5.77. The van der Waals surface area contributed by atoms with E-state index in [-0.39, 0.29) is 10.8 Å². The van der Waals surface area contributed by atoms with E-state index < -0.39 is 11.7 Å². The van der Waals surface area contributed by atoms with Gasteiger partial charge in [-0.15, -0.1) is 0 Å². The molecule has 4 rings (SSSR count). The molecule has 0 radical (unpaired) electrons. The van der Waals surface area contributed by atoms with Crippen LogP contribution in [0, 0.1) is 22.7 Å². The first-order valence-corrected chi connectivity index (χ1v) is 9.19. The minimum atomic E-state index is -1.01. The van der Waals surface area contributed by atoms with Crippen molar-refractivity contribution in [3.63, 3.8) is 0 Å². The monoisotopic (exact) mass is 318 g/mol. The lowest BCUT2D eigenvalue weighted by atomic mass is 9.40. The molecule has 2 saturated carbocycles. The van der Waals surface area contributed by atoms with Crippen LogP contribution in [0.1, 0.15) is 70.6 Å². The minimum absolute atomic E-state index is 0.253. The van der Waals surface area contributed by atoms with Crippen LogP contribution in [-0.4, -0.2) is 21.9 Å². The third kappa shape index (κ3) is 1.73. The molecule has 23 heavy (non-hydrogen) atoms. The molecule has 1 aromatic heterocycles. The molecule has 6 unspecified atom stereocenters. The number of fused-ring (bicyclic) bond motifs is 4. The smallest absolute Gasteiger partial charge is 0.107 e. The van der Waals surface area contributed by atoms with Crippen LogP contribution in [0.5, 0.6) is 0 Å². The average molecular weight is 318 g/mol. The van der Waals surface area contributed by atoms with Crippen LogP contribution in [0.2, 0.25) is 0 Å². The number of furan rings is 1. The maximum atomic E-state index is 11.8. The molecule has 3 heteroatoms. The SMILES string of the molecule is CC1c2ccoc2CC2C1CC(O)C1(O)C(C)(C)CCCC21C. The van der Waals surface area contributed by atoms with Gasteiger partial charge in [0.2, 0.25) is 0 Å². The molecular formula is C20H30O3. The Labute approximate surface area is 139 Å². The van der Waals surface area contributed by atoms with Crippen molar-refractivity contribution in [2.75, 3.05) is 0 Å². The largest absolute Gasteiger partial charge is 0.469 e. The first kappa shape index (κ1) is 15.7. The minimum Gasteiger partial charge on any atom is -0.469 e. The van der Waals surface area contributed by atoms with E-state index in [9.17, 15) is 10.2 Å². The highest BCUT2D eigenvalue weighted by Crippen LogP contribution is 2.66. The second kappa shape index (κ2) is 4.64. The van der Waals surface area contributed by atoms with E-state index in [1.807, 2.05) is 0 Å². The summed E-state index contributed by atoms with van der Waals surface area (Å²) >= 11 is 0. The topological polar surface area (TPSA) is 53.6 Å². The normalized spacial score (nSPS) is 48.3. The molecule has 1 heterocycles. The third-order valence-corrected chi connectivity index (χ3v) is 8.03. The second-order valence-corrected chi connectivity index (χ2v) is 9.24. The van der Waals surface area contributed by atoms with Gasteiger partial charge in [0.1, 0.15) is 11.4 Å². The molecule has 3 nitrogen and oxygen atoms in total. The predicted octanol–water partition coefficient (Wildman–Crippen LogP) is 3.88. The lowest BCUT2D eigenvalue weighted by Gasteiger charge is -2.67. The fraction of sp³-hybridized carbons (Fsp3) is 0.800. The zero-order chi connectivity index (χ0) is 16.6. The highest BCUT2D eigenvalue weighted by atomic mass is 16.3. The number of hydrogen-bond acceptors (Lipinski definition) is 3. The van der Waals surface area contributed by atoms with Crippen molar-refractivity contribution in [1.82, 2.24) is 0 Å². The molecular weight excluding hydrogens is 288 g/mol. The van der Waals surface area contributed by atoms with E-state index in [1.165, 1.54) is 5.56 Å². The molecule has 2 fully saturated rings. The van der Waals surface area contributed by atoms with Crippen molar-refractivity contribution >= 4 is 0 Å². The van der Waals surface area contributed by atoms with Crippen LogP contribution in [0.3, 0.4) is 0 Å². The van der Waals surface area contributed by atoms with Gasteiger partial charge in [-0.1, -0.05) is 34.1 Å². The van der Waals surface area contributed by atoms with Gasteiger partial charge in [-0.2, -0.15) is 0 Å². The number of aliphatic hydroxyl groups is 2. The Bertz CT molecular complexity index is 618. The van der Waals surface area contributed by atoms with E-state index in [0.717, 1.165) is 31.4 Å². The van der Waals surface area contributed by atoms with Crippen LogP contribution < -0.4 is 0 Å². The Hall–Kier alpha value is -0.800. The van der Waals surface area contributed by atoms with E-state index in [0.29, 0.717) is 24.2 Å². The zero-order valence-electron chi connectivity index (χ0n) is 14.8. The molecule has 3 aliphatic carbocycles. The lowest BCUT2D eigenvalue weighted by molar-refractivity contribution is -0.286. The molecule has 0 amide bonds. The Kier molecular flexibility index (Phi) is 3.17. The second-order valence-electron chi connectivity index (χ2n) is 9.24. The molecule has 0 spiro atoms. The Morgan fingerprint density at radius 3 is 2.70 bits per heavy atom. The van der Waals surface area contributed by atoms with Gasteiger partial charge in [0.05, 0.1) is 12.4 Å². The average Bonchev–Trinajstić information content (AvgIpc) is 2.94. The highest BCUT2D eigenvalue weighted by Gasteiger charge is 2.68. The summed E-state index contributed by atoms with van der Waals surface area (Å²) in [6.07, 6.45) is 5.86. The first-order valence-electron chi connectivity index (χ1n) is 9.19. The standard InChI is InChI=1S/C20H30O3/c1-12-13-6-9-23-16(13)11-15-14(12)10-17(21)20(22)18(2,3)7-5-8-19(15,20)4/h6,9,12,14-15,17,21-22H,5,7-8,10-11H2,1-4H3. The maximum Gasteiger partial charge on any atom is 0.107 e. The predicted molar refractivity (Wildman–Crippen MR) is 89.1 cm³/mol. The fourth-order valence-electron chi connectivity index (χ4n) is 6.70. The van der Waals surface area contributed by atoms with E-state index in [1.54, 1.807) is 6.26 Å². The van der Waals surface area contributed by atoms with Gasteiger partial charge in [0.25, 0.3) is 0 Å². The molecule has 0 aliphatic heterocycles. The highest BCUT2D eigenvalue weighted by molar-refractivity contribution is 5.30. The van der Waals surface area contributed by atoms with E-state index in [2.05, 4.69) is 33.8 Å². The number of rotatable bonds is 0. The number of aliphatic hydroxyl groups excluding tert-OH is 1. The lowest BCUT2D eigenvalue weighted by Crippen LogP contribution is -2.72. The Morgan fingerprint density at radius 1 is 1.22 bits per heavy atom. The van der Waals surface area contributed by atoms with Gasteiger partial charge in [-0.3, -0.25) is 0 Å². The van der Waals surface area contributed by atoms with Gasteiger partial charge < -0.3 is 14.6 Å². The fourth-order valence-corrected chi connectivity index (χ4v) is 6.70. The van der Waals surface area contributed by atoms with Crippen molar-refractivity contribution in [2.45, 2.75) is 77.4 Å². The molecule has 0 bridgehead atoms. The van der Waals surface area contributed by atoms with Crippen molar-refractivity contribution in [3.05, 3.63) is 23.7 Å². The molecule has 2 N–H and O–H groups in total. The van der Waals surface area contributed by atoms with Gasteiger partial charge >= 0.3 is 0 Å². The van der Waals surface area contributed by atoms with Crippen LogP contribution in [0.25, 0.3) is 0 Å². The van der Waals surface area contributed by atoms with E-state index in [4.69, 9.17) is 4.42 Å². The van der Waals surface area contributed by atoms with Crippen molar-refractivity contribution in [1.29, 1.82) is 0 Å². The van der Waals surface area contributed by atoms with Crippen molar-refractivity contribution in [3.8, 4) is 0 Å². The van der Waals surface area contributed by atoms with Crippen LogP contribution >= 0.6 is 0 Å². The summed E-state index contributed by atoms with van der Waals surface area (Å²) in [5, 5.41) is 22.8. The molecule has 3 aliphatic rings. The number of hydrogen-bond donors (Lipinski definition) is 2. The molecule has 128 valence electrons. The van der Waals surface area contributed by atoms with Crippen molar-refractivity contribution in [2.24, 2.45) is 22.7 Å². The maximum absolute atomic E-state index is 11.8. The zero-order valence-corrected chi connectivity index (χ0v) is 14.8. The Balaban J connectivity index is 1.84. The van der Waals surface area contributed by atoms with Gasteiger partial charge in [0, 0.05) is 11.8 Å². The van der Waals surface area contributed by atoms with Crippen LogP contribution in [0.4, 0.5) is 0 Å². The van der Waals surface area contributed by atoms with Crippen molar-refractivity contribution < 1.29 is 14.6 Å². The van der Waals surface area contributed by atoms with Gasteiger partial charge in [-0.05, 0) is 54.1 Å². The Morgan fingerprint density at radius 2 is 1.96 bits per heavy atom. The van der Waals surface area contributed by atoms with Gasteiger partial charge in [-0.25, -0.2) is 0 Å². The molecule has 6 atom stereocenters.